The Morgan fingerprint density at radius 2 is 1.79 bits per heavy atom. The number of rotatable bonds is 2. The minimum Gasteiger partial charge on any atom is -0.508 e. The quantitative estimate of drug-likeness (QED) is 0.314. The minimum absolute atomic E-state index is 0.0634. The highest BCUT2D eigenvalue weighted by Crippen LogP contribution is 2.57. The van der Waals surface area contributed by atoms with Crippen LogP contribution >= 0.6 is 0 Å². The van der Waals surface area contributed by atoms with E-state index in [0.717, 1.165) is 0 Å². The molecule has 3 aliphatic carbocycles. The van der Waals surface area contributed by atoms with Gasteiger partial charge in [0.2, 0.25) is 12.6 Å². The summed E-state index contributed by atoms with van der Waals surface area (Å²) in [5, 5.41) is 55.7. The highest BCUT2D eigenvalue weighted by molar-refractivity contribution is 6.23. The third-order valence-corrected chi connectivity index (χ3v) is 8.16. The highest BCUT2D eigenvalue weighted by atomic mass is 16.7. The van der Waals surface area contributed by atoms with Crippen LogP contribution in [0.25, 0.3) is 16.9 Å². The van der Waals surface area contributed by atoms with E-state index in [4.69, 9.17) is 15.2 Å². The first-order chi connectivity index (χ1) is 18.0. The van der Waals surface area contributed by atoms with Crippen molar-refractivity contribution in [2.75, 3.05) is 6.79 Å². The van der Waals surface area contributed by atoms with Gasteiger partial charge in [-0.3, -0.25) is 14.4 Å². The van der Waals surface area contributed by atoms with Gasteiger partial charge in [-0.1, -0.05) is 19.1 Å². The molecule has 11 nitrogen and oxygen atoms in total. The van der Waals surface area contributed by atoms with E-state index in [0.29, 0.717) is 28.2 Å². The summed E-state index contributed by atoms with van der Waals surface area (Å²) in [6.07, 6.45) is -2.24. The van der Waals surface area contributed by atoms with Crippen LogP contribution < -0.4 is 15.2 Å². The second-order valence-corrected chi connectivity index (χ2v) is 9.97. The molecule has 0 saturated heterocycles. The Hall–Kier alpha value is -4.35. The van der Waals surface area contributed by atoms with Crippen LogP contribution in [-0.2, 0) is 14.4 Å². The van der Waals surface area contributed by atoms with Crippen molar-refractivity contribution in [3.8, 4) is 28.4 Å². The second kappa shape index (κ2) is 7.83. The summed E-state index contributed by atoms with van der Waals surface area (Å²) in [5.41, 5.74) is 2.54. The predicted molar refractivity (Wildman–Crippen MR) is 129 cm³/mol. The lowest BCUT2D eigenvalue weighted by Crippen LogP contribution is -2.63. The third kappa shape index (κ3) is 2.88. The van der Waals surface area contributed by atoms with E-state index in [1.54, 1.807) is 31.2 Å². The lowest BCUT2D eigenvalue weighted by atomic mass is 9.55. The monoisotopic (exact) mass is 521 g/mol. The number of aromatic hydroxyl groups is 1. The van der Waals surface area contributed by atoms with Gasteiger partial charge in [-0.05, 0) is 40.8 Å². The third-order valence-electron chi connectivity index (χ3n) is 8.16. The van der Waals surface area contributed by atoms with Gasteiger partial charge in [-0.2, -0.15) is 0 Å². The largest absolute Gasteiger partial charge is 0.508 e. The van der Waals surface area contributed by atoms with Gasteiger partial charge in [0, 0.05) is 23.8 Å². The van der Waals surface area contributed by atoms with Gasteiger partial charge in [0.15, 0.2) is 22.9 Å². The number of aliphatic hydroxyl groups excluding tert-OH is 3. The Labute approximate surface area is 215 Å². The molecule has 6 rings (SSSR count). The lowest BCUT2D eigenvalue weighted by Gasteiger charge is -2.50. The molecule has 1 saturated carbocycles. The number of hydrogen-bond donors (Lipinski definition) is 6. The van der Waals surface area contributed by atoms with Gasteiger partial charge >= 0.3 is 0 Å². The summed E-state index contributed by atoms with van der Waals surface area (Å²) >= 11 is 0. The SMILES string of the molecule is C[C@H]1c2c(-c3ccc4c(c3)OCO4)ccc(O)c2C(O)=C2C(=O)[C@]3(O)C(O)=C(C(N)=O)C(=O)C[C@@H]3[C@@H](O)[C@@H]21. The molecule has 196 valence electrons. The van der Waals surface area contributed by atoms with Crippen LogP contribution in [0.15, 0.2) is 47.2 Å². The van der Waals surface area contributed by atoms with Crippen LogP contribution in [0.5, 0.6) is 17.2 Å². The molecule has 2 aromatic carbocycles. The van der Waals surface area contributed by atoms with Crippen molar-refractivity contribution in [3.05, 3.63) is 58.4 Å². The summed E-state index contributed by atoms with van der Waals surface area (Å²) in [6.45, 7) is 1.75. The van der Waals surface area contributed by atoms with Gasteiger partial charge < -0.3 is 40.7 Å². The van der Waals surface area contributed by atoms with Crippen LogP contribution in [-0.4, -0.2) is 61.5 Å². The van der Waals surface area contributed by atoms with Crippen molar-refractivity contribution in [3.63, 3.8) is 0 Å². The molecule has 0 bridgehead atoms. The average Bonchev–Trinajstić information content (AvgIpc) is 3.34. The molecule has 0 radical (unpaired) electrons. The summed E-state index contributed by atoms with van der Waals surface area (Å²) < 4.78 is 10.8. The van der Waals surface area contributed by atoms with Gasteiger partial charge in [-0.15, -0.1) is 0 Å². The van der Waals surface area contributed by atoms with Crippen molar-refractivity contribution >= 4 is 23.2 Å². The number of amides is 1. The Bertz CT molecular complexity index is 1540. The zero-order valence-electron chi connectivity index (χ0n) is 20.0. The number of carbonyl (C=O) groups excluding carboxylic acids is 3. The predicted octanol–water partition coefficient (Wildman–Crippen LogP) is 1.35. The number of benzene rings is 2. The van der Waals surface area contributed by atoms with E-state index >= 15 is 0 Å². The van der Waals surface area contributed by atoms with E-state index in [-0.39, 0.29) is 18.1 Å². The molecular formula is C27H23NO10. The van der Waals surface area contributed by atoms with Crippen molar-refractivity contribution in [2.45, 2.75) is 31.0 Å². The summed E-state index contributed by atoms with van der Waals surface area (Å²) in [4.78, 5) is 38.2. The molecule has 11 heteroatoms. The Morgan fingerprint density at radius 3 is 2.50 bits per heavy atom. The first-order valence-electron chi connectivity index (χ1n) is 11.9. The Kier molecular flexibility index (Phi) is 4.94. The van der Waals surface area contributed by atoms with Crippen molar-refractivity contribution < 1.29 is 49.4 Å². The van der Waals surface area contributed by atoms with E-state index < -0.39 is 76.0 Å². The van der Waals surface area contributed by atoms with E-state index in [2.05, 4.69) is 0 Å². The van der Waals surface area contributed by atoms with E-state index in [1.807, 2.05) is 0 Å². The van der Waals surface area contributed by atoms with Gasteiger partial charge in [-0.25, -0.2) is 0 Å². The topological polar surface area (TPSA) is 197 Å². The number of ether oxygens (including phenoxy) is 2. The van der Waals surface area contributed by atoms with Gasteiger partial charge in [0.1, 0.15) is 22.8 Å². The number of nitrogens with two attached hydrogens (primary N) is 1. The van der Waals surface area contributed by atoms with Crippen molar-refractivity contribution in [1.29, 1.82) is 0 Å². The number of aliphatic hydroxyl groups is 4. The molecule has 1 heterocycles. The fraction of sp³-hybridized carbons (Fsp3) is 0.296. The number of hydrogen-bond acceptors (Lipinski definition) is 10. The second-order valence-electron chi connectivity index (χ2n) is 9.97. The summed E-state index contributed by atoms with van der Waals surface area (Å²) in [6, 6.07) is 8.17. The maximum Gasteiger partial charge on any atom is 0.255 e. The summed E-state index contributed by atoms with van der Waals surface area (Å²) in [5.74, 6) is -8.05. The van der Waals surface area contributed by atoms with Crippen LogP contribution in [0.1, 0.15) is 30.4 Å². The van der Waals surface area contributed by atoms with E-state index in [1.165, 1.54) is 6.07 Å². The number of primary amides is 1. The molecule has 0 unspecified atom stereocenters. The van der Waals surface area contributed by atoms with Crippen molar-refractivity contribution in [2.24, 2.45) is 17.6 Å². The number of ketones is 2. The first kappa shape index (κ1) is 24.0. The number of carbonyl (C=O) groups is 3. The highest BCUT2D eigenvalue weighted by Gasteiger charge is 2.65. The Morgan fingerprint density at radius 1 is 1.08 bits per heavy atom. The number of phenolic OH excluding ortho intramolecular Hbond substituents is 1. The number of phenols is 1. The Balaban J connectivity index is 1.59. The van der Waals surface area contributed by atoms with Crippen molar-refractivity contribution in [1.82, 2.24) is 0 Å². The number of fused-ring (bicyclic) bond motifs is 4. The molecule has 1 amide bonds. The smallest absolute Gasteiger partial charge is 0.255 e. The maximum absolute atomic E-state index is 13.8. The van der Waals surface area contributed by atoms with Gasteiger partial charge in [0.05, 0.1) is 11.7 Å². The van der Waals surface area contributed by atoms with Crippen LogP contribution in [0.3, 0.4) is 0 Å². The molecule has 2 aromatic rings. The molecular weight excluding hydrogens is 498 g/mol. The zero-order valence-corrected chi connectivity index (χ0v) is 20.0. The maximum atomic E-state index is 13.8. The normalized spacial score (nSPS) is 29.7. The fourth-order valence-corrected chi connectivity index (χ4v) is 6.39. The summed E-state index contributed by atoms with van der Waals surface area (Å²) in [7, 11) is 0. The van der Waals surface area contributed by atoms with Crippen LogP contribution in [0.4, 0.5) is 0 Å². The molecule has 1 aliphatic heterocycles. The van der Waals surface area contributed by atoms with Crippen LogP contribution in [0, 0.1) is 11.8 Å². The van der Waals surface area contributed by atoms with E-state index in [9.17, 15) is 39.9 Å². The number of Topliss-reactive ketones (excluding diaryl/α,β-unsaturated/α-hetero) is 2. The molecule has 0 spiro atoms. The fourth-order valence-electron chi connectivity index (χ4n) is 6.39. The van der Waals surface area contributed by atoms with Crippen LogP contribution in [0.2, 0.25) is 0 Å². The molecule has 1 fully saturated rings. The minimum atomic E-state index is -2.88. The molecule has 0 aromatic heterocycles. The molecule has 38 heavy (non-hydrogen) atoms. The molecule has 4 aliphatic rings. The molecule has 7 N–H and O–H groups in total. The van der Waals surface area contributed by atoms with Gasteiger partial charge in [0.25, 0.3) is 5.91 Å². The lowest BCUT2D eigenvalue weighted by molar-refractivity contribution is -0.160. The first-order valence-corrected chi connectivity index (χ1v) is 11.9. The zero-order chi connectivity index (χ0) is 27.3. The standard InChI is InChI=1S/C27H23NO10/c1-9-17-11(10-2-5-15-16(6-10)38-8-37-15)3-4-13(29)19(17)23(32)21-18(9)22(31)12-7-14(30)20(26(28)35)24(33)27(12,36)25(21)34/h2-6,9,12,18,22,29,31-33,36H,7-8H2,1H3,(H2,28,35)/t9-,12+,18+,22+,27+/m0/s1. The average molecular weight is 521 g/mol. The molecule has 5 atom stereocenters.